The summed E-state index contributed by atoms with van der Waals surface area (Å²) in [5.41, 5.74) is 0.804. The van der Waals surface area contributed by atoms with Gasteiger partial charge in [-0.05, 0) is 27.2 Å². The van der Waals surface area contributed by atoms with E-state index in [-0.39, 0.29) is 11.5 Å². The van der Waals surface area contributed by atoms with E-state index in [2.05, 4.69) is 11.9 Å². The van der Waals surface area contributed by atoms with Crippen LogP contribution in [0.3, 0.4) is 0 Å². The number of amides is 1. The number of alkyl halides is 1. The van der Waals surface area contributed by atoms with Gasteiger partial charge in [-0.2, -0.15) is 0 Å². The zero-order chi connectivity index (χ0) is 11.9. The predicted molar refractivity (Wildman–Crippen MR) is 71.4 cm³/mol. The quantitative estimate of drug-likeness (QED) is 0.443. The van der Waals surface area contributed by atoms with Crippen LogP contribution in [0.2, 0.25) is 0 Å². The third kappa shape index (κ3) is 8.87. The average molecular weight is 325 g/mol. The molecule has 0 radical (unpaired) electrons. The van der Waals surface area contributed by atoms with E-state index in [1.165, 1.54) is 0 Å². The molecule has 0 spiro atoms. The van der Waals surface area contributed by atoms with Crippen molar-refractivity contribution in [1.82, 2.24) is 5.32 Å². The Labute approximate surface area is 106 Å². The summed E-state index contributed by atoms with van der Waals surface area (Å²) in [6.07, 6.45) is 0.865. The molecule has 88 valence electrons. The summed E-state index contributed by atoms with van der Waals surface area (Å²) < 4.78 is 6.14. The molecule has 0 saturated carbocycles. The number of hydrogen-bond acceptors (Lipinski definition) is 2. The lowest BCUT2D eigenvalue weighted by Gasteiger charge is -2.25. The van der Waals surface area contributed by atoms with Gasteiger partial charge >= 0.3 is 0 Å². The Balaban J connectivity index is 3.76. The number of hydrogen-bond donors (Lipinski definition) is 1. The van der Waals surface area contributed by atoms with Crippen molar-refractivity contribution in [1.29, 1.82) is 0 Å². The largest absolute Gasteiger partial charge is 0.373 e. The summed E-state index contributed by atoms with van der Waals surface area (Å²) in [6.45, 7) is 10.9. The number of ether oxygens (including phenoxy) is 1. The number of carbonyl (C=O) groups is 1. The van der Waals surface area contributed by atoms with Gasteiger partial charge in [-0.25, -0.2) is 0 Å². The summed E-state index contributed by atoms with van der Waals surface area (Å²) in [5.74, 6) is 0.0483. The number of halogens is 1. The molecule has 0 rings (SSSR count). The van der Waals surface area contributed by atoms with Crippen molar-refractivity contribution >= 4 is 28.5 Å². The Kier molecular flexibility index (Phi) is 7.17. The molecule has 0 fully saturated rings. The van der Waals surface area contributed by atoms with E-state index in [1.807, 2.05) is 43.4 Å². The standard InChI is InChI=1S/C11H20INO2/c1-9(2)5-6-15-11(3,4)8-13-10(14)7-12/h1,5-8H2,2-4H3,(H,13,14). The zero-order valence-electron chi connectivity index (χ0n) is 9.73. The lowest BCUT2D eigenvalue weighted by molar-refractivity contribution is -0.120. The van der Waals surface area contributed by atoms with Crippen LogP contribution in [0.4, 0.5) is 0 Å². The average Bonchev–Trinajstić information content (AvgIpc) is 2.13. The fourth-order valence-electron chi connectivity index (χ4n) is 0.911. The van der Waals surface area contributed by atoms with Gasteiger partial charge in [0.25, 0.3) is 0 Å². The Morgan fingerprint density at radius 3 is 2.60 bits per heavy atom. The van der Waals surface area contributed by atoms with Gasteiger partial charge in [-0.3, -0.25) is 4.79 Å². The number of carbonyl (C=O) groups excluding carboxylic acids is 1. The molecular weight excluding hydrogens is 305 g/mol. The second-order valence-corrected chi connectivity index (χ2v) is 4.99. The monoisotopic (exact) mass is 325 g/mol. The molecule has 15 heavy (non-hydrogen) atoms. The minimum atomic E-state index is -0.309. The molecule has 0 aromatic carbocycles. The maximum absolute atomic E-state index is 11.1. The van der Waals surface area contributed by atoms with Gasteiger partial charge in [-0.15, -0.1) is 6.58 Å². The highest BCUT2D eigenvalue weighted by atomic mass is 127. The molecule has 0 unspecified atom stereocenters. The van der Waals surface area contributed by atoms with Gasteiger partial charge < -0.3 is 10.1 Å². The normalized spacial score (nSPS) is 11.2. The number of rotatable bonds is 7. The zero-order valence-corrected chi connectivity index (χ0v) is 11.9. The molecule has 3 nitrogen and oxygen atoms in total. The van der Waals surface area contributed by atoms with Crippen LogP contribution < -0.4 is 5.32 Å². The van der Waals surface area contributed by atoms with Crippen LogP contribution in [0, 0.1) is 0 Å². The van der Waals surface area contributed by atoms with Crippen LogP contribution in [-0.2, 0) is 9.53 Å². The first-order valence-electron chi connectivity index (χ1n) is 4.98. The van der Waals surface area contributed by atoms with Crippen molar-refractivity contribution in [2.75, 3.05) is 17.6 Å². The SMILES string of the molecule is C=C(C)CCOC(C)(C)CNC(=O)CI. The van der Waals surface area contributed by atoms with E-state index in [9.17, 15) is 4.79 Å². The summed E-state index contributed by atoms with van der Waals surface area (Å²) in [6, 6.07) is 0. The second-order valence-electron chi connectivity index (χ2n) is 4.23. The maximum atomic E-state index is 11.1. The second kappa shape index (κ2) is 7.22. The number of nitrogens with one attached hydrogen (secondary N) is 1. The van der Waals surface area contributed by atoms with E-state index in [0.29, 0.717) is 17.6 Å². The first-order chi connectivity index (χ1) is 6.87. The molecule has 1 N–H and O–H groups in total. The van der Waals surface area contributed by atoms with Gasteiger partial charge in [0.2, 0.25) is 5.91 Å². The van der Waals surface area contributed by atoms with Crippen molar-refractivity contribution in [3.8, 4) is 0 Å². The van der Waals surface area contributed by atoms with E-state index >= 15 is 0 Å². The smallest absolute Gasteiger partial charge is 0.229 e. The molecule has 0 heterocycles. The molecular formula is C11H20INO2. The fourth-order valence-corrected chi connectivity index (χ4v) is 1.18. The topological polar surface area (TPSA) is 38.3 Å². The van der Waals surface area contributed by atoms with Crippen LogP contribution in [0.5, 0.6) is 0 Å². The highest BCUT2D eigenvalue weighted by Crippen LogP contribution is 2.09. The first kappa shape index (κ1) is 14.9. The van der Waals surface area contributed by atoms with Crippen molar-refractivity contribution in [3.05, 3.63) is 12.2 Å². The molecule has 0 saturated heterocycles. The molecule has 0 aliphatic carbocycles. The minimum Gasteiger partial charge on any atom is -0.373 e. The van der Waals surface area contributed by atoms with Crippen molar-refractivity contribution in [2.45, 2.75) is 32.8 Å². The van der Waals surface area contributed by atoms with Crippen molar-refractivity contribution in [2.24, 2.45) is 0 Å². The van der Waals surface area contributed by atoms with E-state index in [4.69, 9.17) is 4.74 Å². The van der Waals surface area contributed by atoms with Gasteiger partial charge in [0.15, 0.2) is 0 Å². The summed E-state index contributed by atoms with van der Waals surface area (Å²) >= 11 is 2.04. The fraction of sp³-hybridized carbons (Fsp3) is 0.727. The summed E-state index contributed by atoms with van der Waals surface area (Å²) in [5, 5.41) is 2.82. The first-order valence-corrected chi connectivity index (χ1v) is 6.51. The third-order valence-electron chi connectivity index (χ3n) is 1.85. The highest BCUT2D eigenvalue weighted by molar-refractivity contribution is 14.1. The molecule has 0 atom stereocenters. The Hall–Kier alpha value is -0.100. The molecule has 0 bridgehead atoms. The lowest BCUT2D eigenvalue weighted by Crippen LogP contribution is -2.41. The molecule has 1 amide bonds. The van der Waals surface area contributed by atoms with Crippen LogP contribution in [0.1, 0.15) is 27.2 Å². The van der Waals surface area contributed by atoms with E-state index in [0.717, 1.165) is 12.0 Å². The molecule has 0 aromatic rings. The van der Waals surface area contributed by atoms with Crippen molar-refractivity contribution < 1.29 is 9.53 Å². The molecule has 0 aromatic heterocycles. The van der Waals surface area contributed by atoms with Gasteiger partial charge in [0.1, 0.15) is 0 Å². The Morgan fingerprint density at radius 1 is 1.53 bits per heavy atom. The predicted octanol–water partition coefficient (Wildman–Crippen LogP) is 2.30. The molecule has 0 aliphatic rings. The Morgan fingerprint density at radius 2 is 2.13 bits per heavy atom. The van der Waals surface area contributed by atoms with E-state index in [1.54, 1.807) is 0 Å². The van der Waals surface area contributed by atoms with Crippen LogP contribution in [0.15, 0.2) is 12.2 Å². The van der Waals surface area contributed by atoms with Gasteiger partial charge in [-0.1, -0.05) is 28.2 Å². The van der Waals surface area contributed by atoms with Gasteiger partial charge in [0.05, 0.1) is 16.6 Å². The third-order valence-corrected chi connectivity index (χ3v) is 2.55. The minimum absolute atomic E-state index is 0.0483. The van der Waals surface area contributed by atoms with E-state index < -0.39 is 0 Å². The van der Waals surface area contributed by atoms with Crippen molar-refractivity contribution in [3.63, 3.8) is 0 Å². The molecule has 4 heteroatoms. The summed E-state index contributed by atoms with van der Waals surface area (Å²) in [7, 11) is 0. The molecule has 0 aliphatic heterocycles. The highest BCUT2D eigenvalue weighted by Gasteiger charge is 2.18. The lowest BCUT2D eigenvalue weighted by atomic mass is 10.1. The maximum Gasteiger partial charge on any atom is 0.229 e. The van der Waals surface area contributed by atoms with Crippen LogP contribution in [0.25, 0.3) is 0 Å². The Bertz CT molecular complexity index is 227. The van der Waals surface area contributed by atoms with Gasteiger partial charge in [0, 0.05) is 6.54 Å². The van der Waals surface area contributed by atoms with Crippen LogP contribution in [-0.4, -0.2) is 29.1 Å². The van der Waals surface area contributed by atoms with Crippen LogP contribution >= 0.6 is 22.6 Å². The summed E-state index contributed by atoms with van der Waals surface area (Å²) in [4.78, 5) is 11.1.